The van der Waals surface area contributed by atoms with Crippen LogP contribution < -0.4 is 12.4 Å². The summed E-state index contributed by atoms with van der Waals surface area (Å²) in [5.74, 6) is -0.782. The van der Waals surface area contributed by atoms with E-state index in [1.165, 1.54) is 0 Å². The van der Waals surface area contributed by atoms with E-state index in [4.69, 9.17) is 9.47 Å². The number of H-pyrrole nitrogens is 1. The fraction of sp³-hybridized carbons (Fsp3) is 0.667. The average molecular weight is 386 g/mol. The highest BCUT2D eigenvalue weighted by molar-refractivity contribution is 5.98. The van der Waals surface area contributed by atoms with E-state index in [0.717, 1.165) is 56.0 Å². The zero-order valence-electron chi connectivity index (χ0n) is 15.8. The summed E-state index contributed by atoms with van der Waals surface area (Å²) in [5.41, 5.74) is 2.30. The van der Waals surface area contributed by atoms with Crippen LogP contribution in [0, 0.1) is 6.92 Å². The number of carbonyl (C=O) groups excluding carboxylic acids is 2. The number of aromatic amines is 1. The number of nitrogens with one attached hydrogen (secondary N) is 1. The van der Waals surface area contributed by atoms with Crippen molar-refractivity contribution in [1.82, 2.24) is 9.88 Å². The molecule has 0 aliphatic carbocycles. The number of ether oxygens (including phenoxy) is 2. The number of aromatic nitrogens is 1. The Bertz CT molecular complexity index is 652. The standard InChI is InChI=1S/C18H27N3O4.ClH/c1-4-24-17(22)15-13(3)16(18(23)25-5-2)19-14(15)12-21-9-6-20(7-10-21)8-11-21;/h4-12H2,1-3H3;1H. The van der Waals surface area contributed by atoms with Crippen LogP contribution in [-0.2, 0) is 16.0 Å². The largest absolute Gasteiger partial charge is 1.00 e. The summed E-state index contributed by atoms with van der Waals surface area (Å²) in [6, 6.07) is 0. The van der Waals surface area contributed by atoms with Gasteiger partial charge in [-0.25, -0.2) is 9.59 Å². The van der Waals surface area contributed by atoms with E-state index < -0.39 is 5.97 Å². The van der Waals surface area contributed by atoms with Gasteiger partial charge in [-0.1, -0.05) is 0 Å². The molecule has 26 heavy (non-hydrogen) atoms. The van der Waals surface area contributed by atoms with Crippen LogP contribution in [0.15, 0.2) is 0 Å². The summed E-state index contributed by atoms with van der Waals surface area (Å²) in [6.45, 7) is 13.2. The van der Waals surface area contributed by atoms with E-state index in [-0.39, 0.29) is 18.4 Å². The van der Waals surface area contributed by atoms with Crippen molar-refractivity contribution in [3.63, 3.8) is 0 Å². The maximum absolute atomic E-state index is 12.5. The molecule has 2 bridgehead atoms. The van der Waals surface area contributed by atoms with Gasteiger partial charge in [-0.05, 0) is 26.3 Å². The molecule has 0 saturated carbocycles. The van der Waals surface area contributed by atoms with Crippen LogP contribution in [0.5, 0.6) is 0 Å². The summed E-state index contributed by atoms with van der Waals surface area (Å²) in [5, 5.41) is 0. The number of quaternary nitrogens is 1. The molecule has 4 rings (SSSR count). The minimum atomic E-state index is -0.416. The van der Waals surface area contributed by atoms with Crippen LogP contribution in [0.2, 0.25) is 0 Å². The first-order valence-electron chi connectivity index (χ1n) is 9.13. The van der Waals surface area contributed by atoms with Crippen molar-refractivity contribution in [1.29, 1.82) is 0 Å². The maximum Gasteiger partial charge on any atom is 0.355 e. The highest BCUT2D eigenvalue weighted by atomic mass is 35.5. The van der Waals surface area contributed by atoms with Crippen molar-refractivity contribution >= 4 is 11.9 Å². The molecule has 8 heteroatoms. The number of rotatable bonds is 6. The Balaban J connectivity index is 0.00000243. The monoisotopic (exact) mass is 385 g/mol. The zero-order valence-corrected chi connectivity index (χ0v) is 16.5. The minimum Gasteiger partial charge on any atom is -1.00 e. The van der Waals surface area contributed by atoms with E-state index in [0.29, 0.717) is 30.0 Å². The first-order valence-corrected chi connectivity index (χ1v) is 9.13. The lowest BCUT2D eigenvalue weighted by atomic mass is 10.1. The minimum absolute atomic E-state index is 0. The molecule has 0 amide bonds. The molecule has 4 heterocycles. The van der Waals surface area contributed by atoms with Crippen LogP contribution in [0.1, 0.15) is 46.0 Å². The Labute approximate surface area is 160 Å². The number of nitrogens with zero attached hydrogens (tertiary/aromatic N) is 2. The fourth-order valence-electron chi connectivity index (χ4n) is 3.97. The molecule has 3 fully saturated rings. The lowest BCUT2D eigenvalue weighted by Crippen LogP contribution is -3.00. The van der Waals surface area contributed by atoms with E-state index in [1.54, 1.807) is 20.8 Å². The normalized spacial score (nSPS) is 24.0. The first kappa shape index (κ1) is 20.7. The van der Waals surface area contributed by atoms with Crippen LogP contribution in [0.3, 0.4) is 0 Å². The maximum atomic E-state index is 12.5. The Hall–Kier alpha value is -1.57. The van der Waals surface area contributed by atoms with E-state index >= 15 is 0 Å². The predicted molar refractivity (Wildman–Crippen MR) is 92.4 cm³/mol. The van der Waals surface area contributed by atoms with Gasteiger partial charge in [-0.15, -0.1) is 0 Å². The third kappa shape index (κ3) is 3.89. The Morgan fingerprint density at radius 1 is 1.04 bits per heavy atom. The lowest BCUT2D eigenvalue weighted by Gasteiger charge is -2.50. The van der Waals surface area contributed by atoms with Crippen molar-refractivity contribution in [2.24, 2.45) is 0 Å². The van der Waals surface area contributed by atoms with Crippen LogP contribution in [0.4, 0.5) is 0 Å². The number of fused-ring (bicyclic) bond motifs is 3. The highest BCUT2D eigenvalue weighted by Crippen LogP contribution is 2.28. The van der Waals surface area contributed by atoms with Crippen molar-refractivity contribution in [3.05, 3.63) is 22.5 Å². The summed E-state index contributed by atoms with van der Waals surface area (Å²) < 4.78 is 11.3. The number of halogens is 1. The van der Waals surface area contributed by atoms with E-state index in [2.05, 4.69) is 9.88 Å². The number of hydrogen-bond donors (Lipinski definition) is 1. The number of piperazine rings is 3. The van der Waals surface area contributed by atoms with Crippen LogP contribution >= 0.6 is 0 Å². The topological polar surface area (TPSA) is 71.6 Å². The molecule has 7 nitrogen and oxygen atoms in total. The zero-order chi connectivity index (χ0) is 18.0. The quantitative estimate of drug-likeness (QED) is 0.468. The molecule has 0 aromatic carbocycles. The molecular formula is C18H28ClN3O4. The SMILES string of the molecule is CCOC(=O)c1[nH]c(C[N+]23CCN(CC2)CC3)c(C(=O)OCC)c1C.[Cl-]. The molecular weight excluding hydrogens is 358 g/mol. The second kappa shape index (κ2) is 8.41. The van der Waals surface area contributed by atoms with Gasteiger partial charge in [0.15, 0.2) is 0 Å². The fourth-order valence-corrected chi connectivity index (χ4v) is 3.97. The average Bonchev–Trinajstić information content (AvgIpc) is 2.92. The van der Waals surface area contributed by atoms with E-state index in [1.807, 2.05) is 0 Å². The predicted octanol–water partition coefficient (Wildman–Crippen LogP) is -1.67. The summed E-state index contributed by atoms with van der Waals surface area (Å²) in [7, 11) is 0. The second-order valence-electron chi connectivity index (χ2n) is 6.93. The molecule has 0 radical (unpaired) electrons. The highest BCUT2D eigenvalue weighted by Gasteiger charge is 2.40. The molecule has 1 aromatic heterocycles. The van der Waals surface area contributed by atoms with Crippen molar-refractivity contribution in [2.45, 2.75) is 27.3 Å². The van der Waals surface area contributed by atoms with Gasteiger partial charge in [-0.2, -0.15) is 0 Å². The van der Waals surface area contributed by atoms with Gasteiger partial charge in [0.05, 0.1) is 44.1 Å². The van der Waals surface area contributed by atoms with Gasteiger partial charge in [0.25, 0.3) is 0 Å². The van der Waals surface area contributed by atoms with Crippen LogP contribution in [0.25, 0.3) is 0 Å². The van der Waals surface area contributed by atoms with Gasteiger partial charge in [-0.3, -0.25) is 4.90 Å². The van der Waals surface area contributed by atoms with Crippen molar-refractivity contribution in [2.75, 3.05) is 52.5 Å². The van der Waals surface area contributed by atoms with Crippen LogP contribution in [-0.4, -0.2) is 78.8 Å². The van der Waals surface area contributed by atoms with Gasteiger partial charge in [0.1, 0.15) is 12.2 Å². The molecule has 146 valence electrons. The molecule has 3 aliphatic rings. The van der Waals surface area contributed by atoms with Gasteiger partial charge >= 0.3 is 11.9 Å². The van der Waals surface area contributed by atoms with Gasteiger partial charge in [0, 0.05) is 19.6 Å². The first-order chi connectivity index (χ1) is 12.0. The molecule has 0 unspecified atom stereocenters. The third-order valence-corrected chi connectivity index (χ3v) is 5.45. The third-order valence-electron chi connectivity index (χ3n) is 5.45. The lowest BCUT2D eigenvalue weighted by molar-refractivity contribution is -0.953. The molecule has 3 saturated heterocycles. The summed E-state index contributed by atoms with van der Waals surface area (Å²) in [6.07, 6.45) is 0. The number of esters is 2. The Morgan fingerprint density at radius 2 is 1.58 bits per heavy atom. The molecule has 0 atom stereocenters. The van der Waals surface area contributed by atoms with Gasteiger partial charge in [0.2, 0.25) is 0 Å². The summed E-state index contributed by atoms with van der Waals surface area (Å²) in [4.78, 5) is 30.4. The van der Waals surface area contributed by atoms with Crippen molar-refractivity contribution in [3.8, 4) is 0 Å². The Morgan fingerprint density at radius 3 is 2.12 bits per heavy atom. The van der Waals surface area contributed by atoms with E-state index in [9.17, 15) is 9.59 Å². The molecule has 0 spiro atoms. The molecule has 3 aliphatic heterocycles. The molecule has 1 aromatic rings. The van der Waals surface area contributed by atoms with Gasteiger partial charge < -0.3 is 31.3 Å². The number of carbonyl (C=O) groups is 2. The smallest absolute Gasteiger partial charge is 0.355 e. The Kier molecular flexibility index (Phi) is 6.71. The number of hydrogen-bond acceptors (Lipinski definition) is 5. The molecule has 1 N–H and O–H groups in total. The summed E-state index contributed by atoms with van der Waals surface area (Å²) >= 11 is 0. The van der Waals surface area contributed by atoms with Crippen molar-refractivity contribution < 1.29 is 36.0 Å². The second-order valence-corrected chi connectivity index (χ2v) is 6.93.